The van der Waals surface area contributed by atoms with Gasteiger partial charge in [-0.2, -0.15) is 18.3 Å². The third kappa shape index (κ3) is 7.96. The van der Waals surface area contributed by atoms with Crippen LogP contribution in [0.1, 0.15) is 34.1 Å². The summed E-state index contributed by atoms with van der Waals surface area (Å²) in [5.74, 6) is -2.75. The van der Waals surface area contributed by atoms with Crippen LogP contribution in [-0.2, 0) is 33.7 Å². The molecule has 0 aliphatic carbocycles. The van der Waals surface area contributed by atoms with E-state index in [0.717, 1.165) is 24.2 Å². The van der Waals surface area contributed by atoms with Gasteiger partial charge in [0, 0.05) is 12.7 Å². The van der Waals surface area contributed by atoms with Gasteiger partial charge in [0.05, 0.1) is 25.3 Å². The van der Waals surface area contributed by atoms with Crippen molar-refractivity contribution < 1.29 is 32.6 Å². The van der Waals surface area contributed by atoms with Gasteiger partial charge in [-0.05, 0) is 30.0 Å². The molecule has 4 rings (SSSR count). The van der Waals surface area contributed by atoms with Crippen molar-refractivity contribution in [3.63, 3.8) is 0 Å². The lowest BCUT2D eigenvalue weighted by atomic mass is 10.1. The van der Waals surface area contributed by atoms with Crippen LogP contribution in [0.15, 0.2) is 60.8 Å². The number of nitrogens with zero attached hydrogens (tertiary/aromatic N) is 2. The summed E-state index contributed by atoms with van der Waals surface area (Å²) in [6, 6.07) is 18.3. The van der Waals surface area contributed by atoms with Crippen LogP contribution in [0.4, 0.5) is 13.2 Å². The lowest BCUT2D eigenvalue weighted by Gasteiger charge is -2.22. The molecule has 1 atom stereocenters. The summed E-state index contributed by atoms with van der Waals surface area (Å²) in [4.78, 5) is 21.2. The monoisotopic (exact) mass is 489 g/mol. The van der Waals surface area contributed by atoms with E-state index in [1.807, 2.05) is 54.1 Å². The molecule has 1 aliphatic rings. The summed E-state index contributed by atoms with van der Waals surface area (Å²) in [5, 5.41) is 14.9. The van der Waals surface area contributed by atoms with Crippen molar-refractivity contribution in [2.24, 2.45) is 0 Å². The number of aromatic nitrogens is 2. The molecule has 0 bridgehead atoms. The fourth-order valence-electron chi connectivity index (χ4n) is 3.50. The van der Waals surface area contributed by atoms with Gasteiger partial charge in [0.15, 0.2) is 0 Å². The van der Waals surface area contributed by atoms with E-state index in [2.05, 4.69) is 23.6 Å². The Morgan fingerprint density at radius 3 is 2.40 bits per heavy atom. The smallest absolute Gasteiger partial charge is 0.475 e. The number of carbonyl (C=O) groups is 2. The van der Waals surface area contributed by atoms with Gasteiger partial charge in [-0.1, -0.05) is 60.2 Å². The van der Waals surface area contributed by atoms with Crippen molar-refractivity contribution in [3.8, 4) is 0 Å². The Labute approximate surface area is 200 Å². The lowest BCUT2D eigenvalue weighted by Crippen LogP contribution is -2.32. The molecule has 2 aromatic carbocycles. The van der Waals surface area contributed by atoms with Crippen molar-refractivity contribution >= 4 is 11.9 Å². The first-order valence-corrected chi connectivity index (χ1v) is 11.0. The predicted molar refractivity (Wildman–Crippen MR) is 122 cm³/mol. The normalized spacial score (nSPS) is 14.9. The maximum absolute atomic E-state index is 12.3. The number of benzene rings is 2. The Morgan fingerprint density at radius 1 is 1.11 bits per heavy atom. The van der Waals surface area contributed by atoms with E-state index < -0.39 is 12.1 Å². The second kappa shape index (κ2) is 11.7. The highest BCUT2D eigenvalue weighted by Gasteiger charge is 2.38. The van der Waals surface area contributed by atoms with E-state index in [0.29, 0.717) is 19.6 Å². The van der Waals surface area contributed by atoms with E-state index in [9.17, 15) is 18.0 Å². The number of hydrogen-bond donors (Lipinski definition) is 2. The van der Waals surface area contributed by atoms with Gasteiger partial charge in [-0.15, -0.1) is 0 Å². The fourth-order valence-corrected chi connectivity index (χ4v) is 3.50. The quantitative estimate of drug-likeness (QED) is 0.549. The summed E-state index contributed by atoms with van der Waals surface area (Å²) < 4.78 is 39.6. The van der Waals surface area contributed by atoms with Crippen molar-refractivity contribution in [3.05, 3.63) is 88.7 Å². The third-order valence-corrected chi connectivity index (χ3v) is 5.27. The van der Waals surface area contributed by atoms with Crippen LogP contribution >= 0.6 is 0 Å². The topological polar surface area (TPSA) is 93.5 Å². The molecule has 10 heteroatoms. The minimum Gasteiger partial charge on any atom is -0.475 e. The van der Waals surface area contributed by atoms with Crippen LogP contribution in [0.2, 0.25) is 0 Å². The minimum atomic E-state index is -5.08. The summed E-state index contributed by atoms with van der Waals surface area (Å²) in [5.41, 5.74) is 5.57. The van der Waals surface area contributed by atoms with Crippen molar-refractivity contribution in [1.29, 1.82) is 0 Å². The number of amides is 1. The van der Waals surface area contributed by atoms with E-state index in [1.165, 1.54) is 16.7 Å². The second-order valence-corrected chi connectivity index (χ2v) is 8.10. The number of halogens is 3. The standard InChI is InChI=1S/C23H25N3O2.C2HF3O2/c1-17-7-9-18(10-8-17)13-22(27)24-14-21-23-20(11-12-28-21)16-26(25-23)15-19-5-3-2-4-6-19;3-2(4,5)1(6)7/h2-10,16,21H,11-15H2,1H3,(H,24,27);(H,6,7). The van der Waals surface area contributed by atoms with Crippen LogP contribution in [0.25, 0.3) is 0 Å². The number of fused-ring (bicyclic) bond motifs is 1. The molecule has 0 spiro atoms. The maximum Gasteiger partial charge on any atom is 0.490 e. The van der Waals surface area contributed by atoms with Crippen molar-refractivity contribution in [2.45, 2.75) is 38.6 Å². The molecule has 0 saturated heterocycles. The number of nitrogens with one attached hydrogen (secondary N) is 1. The largest absolute Gasteiger partial charge is 0.490 e. The minimum absolute atomic E-state index is 0.00305. The molecule has 2 N–H and O–H groups in total. The molecule has 35 heavy (non-hydrogen) atoms. The summed E-state index contributed by atoms with van der Waals surface area (Å²) >= 11 is 0. The molecule has 7 nitrogen and oxygen atoms in total. The average Bonchev–Trinajstić information content (AvgIpc) is 3.22. The molecule has 3 aromatic rings. The molecular weight excluding hydrogens is 463 g/mol. The van der Waals surface area contributed by atoms with Gasteiger partial charge in [0.1, 0.15) is 6.10 Å². The number of carboxylic acid groups (broad SMARTS) is 1. The SMILES string of the molecule is Cc1ccc(CC(=O)NCC2OCCc3cn(Cc4ccccc4)nc32)cc1.O=C(O)C(F)(F)F. The molecule has 1 aromatic heterocycles. The zero-order valence-corrected chi connectivity index (χ0v) is 19.1. The second-order valence-electron chi connectivity index (χ2n) is 8.10. The Kier molecular flexibility index (Phi) is 8.64. The van der Waals surface area contributed by atoms with Crippen LogP contribution < -0.4 is 5.32 Å². The Bertz CT molecular complexity index is 1130. The highest BCUT2D eigenvalue weighted by Crippen LogP contribution is 2.25. The van der Waals surface area contributed by atoms with Gasteiger partial charge in [0.25, 0.3) is 0 Å². The van der Waals surface area contributed by atoms with Crippen molar-refractivity contribution in [1.82, 2.24) is 15.1 Å². The van der Waals surface area contributed by atoms with Crippen LogP contribution in [0.3, 0.4) is 0 Å². The number of aryl methyl sites for hydroxylation is 1. The molecule has 0 radical (unpaired) electrons. The van der Waals surface area contributed by atoms with Crippen molar-refractivity contribution in [2.75, 3.05) is 13.2 Å². The van der Waals surface area contributed by atoms with E-state index in [-0.39, 0.29) is 12.0 Å². The Balaban J connectivity index is 0.000000429. The highest BCUT2D eigenvalue weighted by atomic mass is 19.4. The number of carbonyl (C=O) groups excluding carboxylic acids is 1. The molecule has 0 saturated carbocycles. The molecule has 0 fully saturated rings. The first-order chi connectivity index (χ1) is 16.6. The zero-order chi connectivity index (χ0) is 25.4. The van der Waals surface area contributed by atoms with E-state index in [1.54, 1.807) is 0 Å². The van der Waals surface area contributed by atoms with Crippen LogP contribution in [-0.4, -0.2) is 46.1 Å². The summed E-state index contributed by atoms with van der Waals surface area (Å²) in [7, 11) is 0. The lowest BCUT2D eigenvalue weighted by molar-refractivity contribution is -0.192. The molecule has 2 heterocycles. The van der Waals surface area contributed by atoms with Gasteiger partial charge >= 0.3 is 12.1 Å². The molecule has 1 aliphatic heterocycles. The maximum atomic E-state index is 12.3. The predicted octanol–water partition coefficient (Wildman–Crippen LogP) is 3.85. The van der Waals surface area contributed by atoms with Gasteiger partial charge in [0.2, 0.25) is 5.91 Å². The Morgan fingerprint density at radius 2 is 1.77 bits per heavy atom. The number of carboxylic acids is 1. The highest BCUT2D eigenvalue weighted by molar-refractivity contribution is 5.78. The molecule has 1 amide bonds. The number of rotatable bonds is 6. The van der Waals surface area contributed by atoms with Crippen LogP contribution in [0.5, 0.6) is 0 Å². The first kappa shape index (κ1) is 26.0. The van der Waals surface area contributed by atoms with Crippen LogP contribution in [0, 0.1) is 6.92 Å². The van der Waals surface area contributed by atoms with E-state index in [4.69, 9.17) is 19.7 Å². The number of ether oxygens (including phenoxy) is 1. The number of hydrogen-bond acceptors (Lipinski definition) is 4. The van der Waals surface area contributed by atoms with Gasteiger partial charge in [-0.25, -0.2) is 4.79 Å². The zero-order valence-electron chi connectivity index (χ0n) is 19.1. The molecular formula is C25H26F3N3O4. The first-order valence-electron chi connectivity index (χ1n) is 11.0. The molecule has 186 valence electrons. The summed E-state index contributed by atoms with van der Waals surface area (Å²) in [6.45, 7) is 3.88. The van der Waals surface area contributed by atoms with E-state index >= 15 is 0 Å². The Hall–Kier alpha value is -3.66. The average molecular weight is 489 g/mol. The number of aliphatic carboxylic acids is 1. The van der Waals surface area contributed by atoms with Gasteiger partial charge in [-0.3, -0.25) is 9.48 Å². The number of alkyl halides is 3. The van der Waals surface area contributed by atoms with Gasteiger partial charge < -0.3 is 15.2 Å². The fraction of sp³-hybridized carbons (Fsp3) is 0.320. The summed E-state index contributed by atoms with van der Waals surface area (Å²) in [6.07, 6.45) is -1.94. The third-order valence-electron chi connectivity index (χ3n) is 5.27. The molecule has 1 unspecified atom stereocenters.